The van der Waals surface area contributed by atoms with Gasteiger partial charge in [-0.2, -0.15) is 0 Å². The van der Waals surface area contributed by atoms with Gasteiger partial charge in [-0.3, -0.25) is 0 Å². The van der Waals surface area contributed by atoms with Crippen LogP contribution in [-0.4, -0.2) is 4.57 Å². The minimum atomic E-state index is 0.0128. The van der Waals surface area contributed by atoms with Crippen LogP contribution in [-0.2, 0) is 0 Å². The molecule has 0 bridgehead atoms. The van der Waals surface area contributed by atoms with E-state index in [4.69, 9.17) is 4.42 Å². The molecule has 0 N–H and O–H groups in total. The molecule has 1 unspecified atom stereocenters. The highest BCUT2D eigenvalue weighted by molar-refractivity contribution is 6.10. The molecular formula is C55H37NO. The maximum Gasteiger partial charge on any atom is 0.143 e. The quantitative estimate of drug-likeness (QED) is 0.150. The molecule has 0 aliphatic rings. The zero-order chi connectivity index (χ0) is 37.7. The molecule has 0 saturated carbocycles. The van der Waals surface area contributed by atoms with Crippen molar-refractivity contribution in [1.82, 2.24) is 4.57 Å². The first-order valence-corrected chi connectivity index (χ1v) is 19.6. The zero-order valence-electron chi connectivity index (χ0n) is 31.2. The molecular weight excluding hydrogens is 691 g/mol. The van der Waals surface area contributed by atoms with Gasteiger partial charge in [0.1, 0.15) is 11.2 Å². The maximum absolute atomic E-state index is 6.44. The fourth-order valence-corrected chi connectivity index (χ4v) is 8.79. The summed E-state index contributed by atoms with van der Waals surface area (Å²) in [5.74, 6) is 0.0128. The van der Waals surface area contributed by atoms with Crippen molar-refractivity contribution in [2.24, 2.45) is 0 Å². The van der Waals surface area contributed by atoms with Crippen molar-refractivity contribution in [2.75, 3.05) is 0 Å². The molecule has 0 spiro atoms. The Kier molecular flexibility index (Phi) is 7.93. The van der Waals surface area contributed by atoms with Crippen molar-refractivity contribution in [2.45, 2.75) is 5.92 Å². The van der Waals surface area contributed by atoms with Crippen molar-refractivity contribution >= 4 is 43.7 Å². The standard InChI is InChI=1S/C55H37NO/c1-3-12-37(13-4-1)38-22-24-39(25-23-38)40-26-30-42(31-27-40)54(43-32-28-41(29-33-43)46-18-11-19-49-48-17-8-10-21-53(48)57-55(46)49)44-34-35-52-50(36-44)47-16-7-9-20-51(47)56(52)45-14-5-2-6-15-45/h1-36,54H. The molecule has 0 aliphatic heterocycles. The Bertz CT molecular complexity index is 3190. The summed E-state index contributed by atoms with van der Waals surface area (Å²) < 4.78 is 8.82. The number of rotatable bonds is 7. The average Bonchev–Trinajstić information content (AvgIpc) is 3.84. The zero-order valence-corrected chi connectivity index (χ0v) is 31.2. The van der Waals surface area contributed by atoms with Gasteiger partial charge in [-0.05, 0) is 80.9 Å². The number of benzene rings is 9. The van der Waals surface area contributed by atoms with E-state index in [2.05, 4.69) is 211 Å². The molecule has 0 saturated heterocycles. The predicted molar refractivity (Wildman–Crippen MR) is 238 cm³/mol. The highest BCUT2D eigenvalue weighted by Gasteiger charge is 2.21. The third-order valence-electron chi connectivity index (χ3n) is 11.6. The van der Waals surface area contributed by atoms with Crippen molar-refractivity contribution in [3.05, 3.63) is 235 Å². The second kappa shape index (κ2) is 13.7. The molecule has 0 radical (unpaired) electrons. The van der Waals surface area contributed by atoms with Crippen LogP contribution in [0.25, 0.3) is 82.8 Å². The molecule has 11 rings (SSSR count). The maximum atomic E-state index is 6.44. The van der Waals surface area contributed by atoms with Gasteiger partial charge >= 0.3 is 0 Å². The van der Waals surface area contributed by atoms with Gasteiger partial charge in [0.15, 0.2) is 0 Å². The Balaban J connectivity index is 1.03. The number of furan rings is 1. The lowest BCUT2D eigenvalue weighted by Gasteiger charge is -2.20. The average molecular weight is 728 g/mol. The van der Waals surface area contributed by atoms with E-state index in [1.54, 1.807) is 0 Å². The smallest absolute Gasteiger partial charge is 0.143 e. The Morgan fingerprint density at radius 3 is 1.54 bits per heavy atom. The molecule has 0 fully saturated rings. The van der Waals surface area contributed by atoms with Gasteiger partial charge < -0.3 is 8.98 Å². The number of nitrogens with zero attached hydrogens (tertiary/aromatic N) is 1. The summed E-state index contributed by atoms with van der Waals surface area (Å²) in [5.41, 5.74) is 16.2. The van der Waals surface area contributed by atoms with Gasteiger partial charge in [0.25, 0.3) is 0 Å². The molecule has 268 valence electrons. The summed E-state index contributed by atoms with van der Waals surface area (Å²) in [6.07, 6.45) is 0. The lowest BCUT2D eigenvalue weighted by molar-refractivity contribution is 0.670. The summed E-state index contributed by atoms with van der Waals surface area (Å²) in [6.45, 7) is 0. The second-order valence-corrected chi connectivity index (χ2v) is 14.9. The van der Waals surface area contributed by atoms with Gasteiger partial charge in [0.05, 0.1) is 11.0 Å². The first kappa shape index (κ1) is 33.0. The number of hydrogen-bond acceptors (Lipinski definition) is 1. The molecule has 9 aromatic carbocycles. The topological polar surface area (TPSA) is 18.1 Å². The van der Waals surface area contributed by atoms with E-state index in [0.29, 0.717) is 0 Å². The molecule has 57 heavy (non-hydrogen) atoms. The summed E-state index contributed by atoms with van der Waals surface area (Å²) in [7, 11) is 0. The number of fused-ring (bicyclic) bond motifs is 6. The van der Waals surface area contributed by atoms with Crippen molar-refractivity contribution in [1.29, 1.82) is 0 Å². The summed E-state index contributed by atoms with van der Waals surface area (Å²) >= 11 is 0. The molecule has 2 nitrogen and oxygen atoms in total. The summed E-state index contributed by atoms with van der Waals surface area (Å²) in [4.78, 5) is 0. The molecule has 0 amide bonds. The van der Waals surface area contributed by atoms with Gasteiger partial charge in [-0.1, -0.05) is 182 Å². The van der Waals surface area contributed by atoms with Crippen LogP contribution in [0.15, 0.2) is 223 Å². The van der Waals surface area contributed by atoms with Gasteiger partial charge in [0.2, 0.25) is 0 Å². The largest absolute Gasteiger partial charge is 0.455 e. The van der Waals surface area contributed by atoms with Crippen LogP contribution in [0.2, 0.25) is 0 Å². The SMILES string of the molecule is c1ccc(-c2ccc(-c3ccc(C(c4ccc(-c5cccc6c5oc5ccccc56)cc4)c4ccc5c(c4)c4ccccc4n5-c4ccccc4)cc3)cc2)cc1. The highest BCUT2D eigenvalue weighted by Crippen LogP contribution is 2.41. The number of para-hydroxylation sites is 4. The Morgan fingerprint density at radius 1 is 0.333 bits per heavy atom. The molecule has 0 aliphatic carbocycles. The minimum Gasteiger partial charge on any atom is -0.455 e. The Labute approximate surface area is 331 Å². The molecule has 2 heterocycles. The second-order valence-electron chi connectivity index (χ2n) is 14.9. The van der Waals surface area contributed by atoms with Gasteiger partial charge in [-0.25, -0.2) is 0 Å². The third-order valence-corrected chi connectivity index (χ3v) is 11.6. The van der Waals surface area contributed by atoms with Crippen LogP contribution >= 0.6 is 0 Å². The van der Waals surface area contributed by atoms with Gasteiger partial charge in [-0.15, -0.1) is 0 Å². The lowest BCUT2D eigenvalue weighted by Crippen LogP contribution is -2.04. The number of aromatic nitrogens is 1. The highest BCUT2D eigenvalue weighted by atomic mass is 16.3. The minimum absolute atomic E-state index is 0.0128. The van der Waals surface area contributed by atoms with Crippen LogP contribution in [0.5, 0.6) is 0 Å². The first-order valence-electron chi connectivity index (χ1n) is 19.6. The summed E-state index contributed by atoms with van der Waals surface area (Å²) in [5, 5.41) is 4.79. The Morgan fingerprint density at radius 2 is 0.842 bits per heavy atom. The molecule has 2 heteroatoms. The molecule has 2 aromatic heterocycles. The van der Waals surface area contributed by atoms with Crippen LogP contribution in [0.4, 0.5) is 0 Å². The van der Waals surface area contributed by atoms with E-state index >= 15 is 0 Å². The normalized spacial score (nSPS) is 12.1. The van der Waals surface area contributed by atoms with E-state index in [9.17, 15) is 0 Å². The predicted octanol–water partition coefficient (Wildman–Crippen LogP) is 14.9. The van der Waals surface area contributed by atoms with E-state index in [1.165, 1.54) is 60.8 Å². The molecule has 11 aromatic rings. The first-order chi connectivity index (χ1) is 28.3. The monoisotopic (exact) mass is 727 g/mol. The fraction of sp³-hybridized carbons (Fsp3) is 0.0182. The summed E-state index contributed by atoms with van der Waals surface area (Å²) in [6, 6.07) is 79.0. The van der Waals surface area contributed by atoms with Crippen molar-refractivity contribution in [3.8, 4) is 39.1 Å². The van der Waals surface area contributed by atoms with E-state index < -0.39 is 0 Å². The van der Waals surface area contributed by atoms with Gasteiger partial charge in [0, 0.05) is 38.7 Å². The number of hydrogen-bond donors (Lipinski definition) is 0. The third kappa shape index (κ3) is 5.73. The van der Waals surface area contributed by atoms with Crippen LogP contribution in [0.3, 0.4) is 0 Å². The Hall–Kier alpha value is -7.42. The molecule has 1 atom stereocenters. The lowest BCUT2D eigenvalue weighted by atomic mass is 9.83. The van der Waals surface area contributed by atoms with Crippen molar-refractivity contribution < 1.29 is 4.42 Å². The van der Waals surface area contributed by atoms with Crippen LogP contribution in [0.1, 0.15) is 22.6 Å². The van der Waals surface area contributed by atoms with Crippen LogP contribution < -0.4 is 0 Å². The van der Waals surface area contributed by atoms with E-state index in [1.807, 2.05) is 12.1 Å². The van der Waals surface area contributed by atoms with E-state index in [0.717, 1.165) is 38.8 Å². The van der Waals surface area contributed by atoms with E-state index in [-0.39, 0.29) is 5.92 Å². The van der Waals surface area contributed by atoms with Crippen LogP contribution in [0, 0.1) is 0 Å². The fourth-order valence-electron chi connectivity index (χ4n) is 8.79. The van der Waals surface area contributed by atoms with Crippen molar-refractivity contribution in [3.63, 3.8) is 0 Å².